The van der Waals surface area contributed by atoms with Gasteiger partial charge in [-0.3, -0.25) is 9.69 Å². The number of para-hydroxylation sites is 1. The summed E-state index contributed by atoms with van der Waals surface area (Å²) in [6, 6.07) is 15.8. The van der Waals surface area contributed by atoms with Gasteiger partial charge in [-0.1, -0.05) is 41.9 Å². The Labute approximate surface area is 169 Å². The third-order valence-corrected chi connectivity index (χ3v) is 6.10. The fourth-order valence-electron chi connectivity index (χ4n) is 3.41. The van der Waals surface area contributed by atoms with Crippen molar-refractivity contribution in [2.24, 2.45) is 0 Å². The lowest BCUT2D eigenvalue weighted by atomic mass is 10.00. The minimum atomic E-state index is -0.0102. The van der Waals surface area contributed by atoms with Crippen molar-refractivity contribution < 1.29 is 9.90 Å². The zero-order valence-electron chi connectivity index (χ0n) is 15.2. The minimum absolute atomic E-state index is 0.0102. The summed E-state index contributed by atoms with van der Waals surface area (Å²) in [5, 5.41) is 13.0. The van der Waals surface area contributed by atoms with Crippen LogP contribution in [0.4, 0.5) is 5.69 Å². The number of hydrogen-bond donors (Lipinski definition) is 2. The van der Waals surface area contributed by atoms with Crippen molar-refractivity contribution >= 4 is 35.0 Å². The van der Waals surface area contributed by atoms with Crippen molar-refractivity contribution in [2.75, 3.05) is 25.0 Å². The number of halogens is 1. The summed E-state index contributed by atoms with van der Waals surface area (Å²) < 4.78 is 0. The van der Waals surface area contributed by atoms with E-state index in [2.05, 4.69) is 10.2 Å². The minimum Gasteiger partial charge on any atom is -0.396 e. The first-order valence-corrected chi connectivity index (χ1v) is 10.5. The van der Waals surface area contributed by atoms with Crippen molar-refractivity contribution in [3.05, 3.63) is 53.6 Å². The van der Waals surface area contributed by atoms with Crippen LogP contribution in [-0.2, 0) is 4.79 Å². The number of piperidine rings is 1. The highest BCUT2D eigenvalue weighted by Crippen LogP contribution is 2.34. The molecule has 0 saturated carbocycles. The van der Waals surface area contributed by atoms with Crippen molar-refractivity contribution in [1.82, 2.24) is 4.90 Å². The first kappa shape index (κ1) is 20.2. The Hall–Kier alpha value is -1.53. The van der Waals surface area contributed by atoms with E-state index in [0.717, 1.165) is 41.3 Å². The molecule has 1 heterocycles. The molecule has 1 saturated heterocycles. The fraction of sp³-hybridized carbons (Fsp3) is 0.381. The maximum absolute atomic E-state index is 12.6. The molecule has 6 heteroatoms. The predicted octanol–water partition coefficient (Wildman–Crippen LogP) is 4.67. The lowest BCUT2D eigenvalue weighted by Gasteiger charge is -2.34. The first-order valence-electron chi connectivity index (χ1n) is 9.33. The molecule has 2 aromatic rings. The van der Waals surface area contributed by atoms with E-state index in [1.807, 2.05) is 48.5 Å². The summed E-state index contributed by atoms with van der Waals surface area (Å²) in [5.41, 5.74) is 0.818. The molecule has 1 aliphatic rings. The van der Waals surface area contributed by atoms with Gasteiger partial charge in [-0.2, -0.15) is 0 Å². The number of rotatable bonds is 7. The number of aliphatic hydroxyl groups is 1. The van der Waals surface area contributed by atoms with E-state index >= 15 is 0 Å². The van der Waals surface area contributed by atoms with Crippen LogP contribution < -0.4 is 5.32 Å². The Morgan fingerprint density at radius 2 is 1.96 bits per heavy atom. The van der Waals surface area contributed by atoms with E-state index in [0.29, 0.717) is 17.6 Å². The zero-order chi connectivity index (χ0) is 19.1. The van der Waals surface area contributed by atoms with E-state index in [1.54, 1.807) is 11.8 Å². The number of likely N-dealkylation sites (tertiary alicyclic amines) is 1. The molecule has 0 aromatic heterocycles. The Morgan fingerprint density at radius 3 is 2.74 bits per heavy atom. The summed E-state index contributed by atoms with van der Waals surface area (Å²) in [7, 11) is 0. The number of nitrogens with one attached hydrogen (secondary N) is 1. The average molecular weight is 405 g/mol. The molecule has 0 spiro atoms. The maximum atomic E-state index is 12.6. The van der Waals surface area contributed by atoms with E-state index in [9.17, 15) is 9.90 Å². The van der Waals surface area contributed by atoms with E-state index < -0.39 is 0 Å². The number of amides is 1. The zero-order valence-corrected chi connectivity index (χ0v) is 16.8. The fourth-order valence-corrected chi connectivity index (χ4v) is 4.43. The van der Waals surface area contributed by atoms with Gasteiger partial charge in [-0.25, -0.2) is 0 Å². The van der Waals surface area contributed by atoms with Crippen molar-refractivity contribution in [3.63, 3.8) is 0 Å². The van der Waals surface area contributed by atoms with Crippen LogP contribution in [0.3, 0.4) is 0 Å². The highest BCUT2D eigenvalue weighted by molar-refractivity contribution is 7.99. The van der Waals surface area contributed by atoms with Gasteiger partial charge in [0, 0.05) is 27.5 Å². The van der Waals surface area contributed by atoms with Gasteiger partial charge in [0.2, 0.25) is 5.91 Å². The smallest absolute Gasteiger partial charge is 0.238 e. The highest BCUT2D eigenvalue weighted by Gasteiger charge is 2.24. The molecular formula is C21H25ClN2O2S. The Bertz CT molecular complexity index is 752. The van der Waals surface area contributed by atoms with Gasteiger partial charge in [-0.15, -0.1) is 0 Å². The topological polar surface area (TPSA) is 52.6 Å². The van der Waals surface area contributed by atoms with Crippen LogP contribution in [0.25, 0.3) is 0 Å². The normalized spacial score (nSPS) is 17.6. The molecule has 1 aliphatic heterocycles. The van der Waals surface area contributed by atoms with Crippen LogP contribution in [0, 0.1) is 0 Å². The summed E-state index contributed by atoms with van der Waals surface area (Å²) in [6.07, 6.45) is 4.06. The lowest BCUT2D eigenvalue weighted by Crippen LogP contribution is -2.44. The second-order valence-electron chi connectivity index (χ2n) is 6.73. The van der Waals surface area contributed by atoms with Gasteiger partial charge >= 0.3 is 0 Å². The molecular weight excluding hydrogens is 380 g/mol. The summed E-state index contributed by atoms with van der Waals surface area (Å²) in [5.74, 6) is -0.0102. The van der Waals surface area contributed by atoms with Crippen LogP contribution in [0.2, 0.25) is 5.02 Å². The largest absolute Gasteiger partial charge is 0.396 e. The van der Waals surface area contributed by atoms with Gasteiger partial charge in [0.25, 0.3) is 0 Å². The molecule has 2 aromatic carbocycles. The van der Waals surface area contributed by atoms with Crippen LogP contribution in [0.5, 0.6) is 0 Å². The van der Waals surface area contributed by atoms with Gasteiger partial charge in [0.1, 0.15) is 0 Å². The second-order valence-corrected chi connectivity index (χ2v) is 8.28. The molecule has 0 bridgehead atoms. The van der Waals surface area contributed by atoms with E-state index in [-0.39, 0.29) is 12.5 Å². The SMILES string of the molecule is O=C(CN1CCCCC1CCO)Nc1ccccc1Sc1ccc(Cl)cc1. The molecule has 1 unspecified atom stereocenters. The number of benzene rings is 2. The second kappa shape index (κ2) is 10.1. The monoisotopic (exact) mass is 404 g/mol. The van der Waals surface area contributed by atoms with Crippen LogP contribution in [0.15, 0.2) is 58.3 Å². The molecule has 2 N–H and O–H groups in total. The Morgan fingerprint density at radius 1 is 1.19 bits per heavy atom. The summed E-state index contributed by atoms with van der Waals surface area (Å²) in [6.45, 7) is 1.45. The van der Waals surface area contributed by atoms with Crippen molar-refractivity contribution in [2.45, 2.75) is 41.5 Å². The average Bonchev–Trinajstić information content (AvgIpc) is 2.67. The summed E-state index contributed by atoms with van der Waals surface area (Å²) in [4.78, 5) is 16.9. The first-order chi connectivity index (χ1) is 13.2. The Balaban J connectivity index is 1.64. The van der Waals surface area contributed by atoms with Gasteiger partial charge in [0.15, 0.2) is 0 Å². The number of nitrogens with zero attached hydrogens (tertiary/aromatic N) is 1. The van der Waals surface area contributed by atoms with Crippen LogP contribution >= 0.6 is 23.4 Å². The number of hydrogen-bond acceptors (Lipinski definition) is 4. The summed E-state index contributed by atoms with van der Waals surface area (Å²) >= 11 is 7.55. The van der Waals surface area contributed by atoms with Crippen molar-refractivity contribution in [3.8, 4) is 0 Å². The highest BCUT2D eigenvalue weighted by atomic mass is 35.5. The molecule has 4 nitrogen and oxygen atoms in total. The number of aliphatic hydroxyl groups excluding tert-OH is 1. The molecule has 27 heavy (non-hydrogen) atoms. The van der Waals surface area contributed by atoms with Crippen molar-refractivity contribution in [1.29, 1.82) is 0 Å². The van der Waals surface area contributed by atoms with Gasteiger partial charge in [-0.05, 0) is 62.2 Å². The molecule has 3 rings (SSSR count). The molecule has 144 valence electrons. The predicted molar refractivity (Wildman–Crippen MR) is 112 cm³/mol. The molecule has 1 atom stereocenters. The van der Waals surface area contributed by atoms with Crippen LogP contribution in [0.1, 0.15) is 25.7 Å². The van der Waals surface area contributed by atoms with E-state index in [4.69, 9.17) is 11.6 Å². The number of carbonyl (C=O) groups is 1. The molecule has 1 fully saturated rings. The molecule has 0 radical (unpaired) electrons. The van der Waals surface area contributed by atoms with Gasteiger partial charge in [0.05, 0.1) is 12.2 Å². The van der Waals surface area contributed by atoms with Gasteiger partial charge < -0.3 is 10.4 Å². The number of carbonyl (C=O) groups excluding carboxylic acids is 1. The third-order valence-electron chi connectivity index (χ3n) is 4.76. The molecule has 0 aliphatic carbocycles. The quantitative estimate of drug-likeness (QED) is 0.704. The molecule has 1 amide bonds. The van der Waals surface area contributed by atoms with E-state index in [1.165, 1.54) is 6.42 Å². The lowest BCUT2D eigenvalue weighted by molar-refractivity contribution is -0.118. The number of anilines is 1. The van der Waals surface area contributed by atoms with Crippen LogP contribution in [-0.4, -0.2) is 41.7 Å². The third kappa shape index (κ3) is 5.98. The standard InChI is InChI=1S/C21H25ClN2O2S/c22-16-8-10-18(11-9-16)27-20-7-2-1-6-19(20)23-21(26)15-24-13-4-3-5-17(24)12-14-25/h1-2,6-11,17,25H,3-5,12-15H2,(H,23,26). The Kier molecular flexibility index (Phi) is 7.59. The maximum Gasteiger partial charge on any atom is 0.238 e.